The molecule has 0 aliphatic heterocycles. The molecule has 0 spiro atoms. The highest BCUT2D eigenvalue weighted by Gasteiger charge is 2.11. The Morgan fingerprint density at radius 2 is 2.43 bits per heavy atom. The Kier molecular flexibility index (Phi) is 3.26. The van der Waals surface area contributed by atoms with Gasteiger partial charge in [-0.2, -0.15) is 0 Å². The predicted octanol–water partition coefficient (Wildman–Crippen LogP) is 3.80. The van der Waals surface area contributed by atoms with E-state index in [1.165, 1.54) is 4.88 Å². The first kappa shape index (κ1) is 10.2. The molecule has 0 aliphatic rings. The normalized spacial score (nSPS) is 13.0. The molecule has 0 radical (unpaired) electrons. The molecule has 0 bridgehead atoms. The first-order chi connectivity index (χ1) is 6.75. The van der Waals surface area contributed by atoms with Crippen LogP contribution < -0.4 is 0 Å². The summed E-state index contributed by atoms with van der Waals surface area (Å²) < 4.78 is 0.823. The third kappa shape index (κ3) is 2.38. The van der Waals surface area contributed by atoms with Crippen molar-refractivity contribution >= 4 is 38.9 Å². The maximum atomic E-state index is 5.86. The summed E-state index contributed by atoms with van der Waals surface area (Å²) in [5, 5.41) is 0. The molecule has 0 aliphatic carbocycles. The number of hydrogen-bond donors (Lipinski definition) is 1. The number of hydrogen-bond acceptors (Lipinski definition) is 2. The largest absolute Gasteiger partial charge is 0.349 e. The fraction of sp³-hybridized carbons (Fsp3) is 0.222. The van der Waals surface area contributed by atoms with Crippen LogP contribution in [0.25, 0.3) is 0 Å². The van der Waals surface area contributed by atoms with E-state index in [0.29, 0.717) is 0 Å². The molecule has 2 heterocycles. The van der Waals surface area contributed by atoms with Gasteiger partial charge in [-0.1, -0.05) is 27.5 Å². The molecule has 1 atom stereocenters. The lowest BCUT2D eigenvalue weighted by molar-refractivity contribution is 0.889. The van der Waals surface area contributed by atoms with Gasteiger partial charge in [0.25, 0.3) is 0 Å². The van der Waals surface area contributed by atoms with E-state index >= 15 is 0 Å². The predicted molar refractivity (Wildman–Crippen MR) is 63.3 cm³/mol. The molecular formula is C9H8BrClN2S. The summed E-state index contributed by atoms with van der Waals surface area (Å²) in [7, 11) is 0. The van der Waals surface area contributed by atoms with Gasteiger partial charge in [0.15, 0.2) is 0 Å². The maximum Gasteiger partial charge on any atom is 0.107 e. The maximum absolute atomic E-state index is 5.86. The topological polar surface area (TPSA) is 28.7 Å². The fourth-order valence-electron chi connectivity index (χ4n) is 1.18. The zero-order valence-electron chi connectivity index (χ0n) is 7.21. The average Bonchev–Trinajstić information content (AvgIpc) is 2.75. The summed E-state index contributed by atoms with van der Waals surface area (Å²) in [5.41, 5.74) is 0. The van der Waals surface area contributed by atoms with Crippen molar-refractivity contribution in [2.24, 2.45) is 0 Å². The van der Waals surface area contributed by atoms with E-state index in [1.807, 2.05) is 18.3 Å². The van der Waals surface area contributed by atoms with Crippen LogP contribution in [0.1, 0.15) is 15.5 Å². The van der Waals surface area contributed by atoms with E-state index in [4.69, 9.17) is 11.6 Å². The molecule has 14 heavy (non-hydrogen) atoms. The van der Waals surface area contributed by atoms with Crippen molar-refractivity contribution in [1.29, 1.82) is 0 Å². The van der Waals surface area contributed by atoms with Gasteiger partial charge < -0.3 is 4.98 Å². The lowest BCUT2D eigenvalue weighted by Crippen LogP contribution is -1.94. The number of aromatic amines is 1. The van der Waals surface area contributed by atoms with Crippen LogP contribution in [-0.2, 0) is 6.42 Å². The van der Waals surface area contributed by atoms with Gasteiger partial charge in [0.1, 0.15) is 5.82 Å². The number of rotatable bonds is 3. The van der Waals surface area contributed by atoms with Crippen LogP contribution in [-0.4, -0.2) is 9.97 Å². The van der Waals surface area contributed by atoms with Gasteiger partial charge in [0.05, 0.1) is 9.16 Å². The van der Waals surface area contributed by atoms with Crippen molar-refractivity contribution in [3.8, 4) is 0 Å². The van der Waals surface area contributed by atoms with E-state index in [0.717, 1.165) is 16.6 Å². The average molecular weight is 292 g/mol. The summed E-state index contributed by atoms with van der Waals surface area (Å²) in [4.78, 5) is 8.76. The number of alkyl halides is 1. The van der Waals surface area contributed by atoms with Gasteiger partial charge in [-0.15, -0.1) is 11.3 Å². The number of nitrogens with zero attached hydrogens (tertiary/aromatic N) is 1. The second-order valence-corrected chi connectivity index (χ2v) is 5.70. The molecule has 2 aromatic rings. The van der Waals surface area contributed by atoms with Gasteiger partial charge in [-0.25, -0.2) is 4.98 Å². The van der Waals surface area contributed by atoms with Gasteiger partial charge >= 0.3 is 0 Å². The minimum absolute atomic E-state index is 0.283. The molecule has 74 valence electrons. The zero-order chi connectivity index (χ0) is 9.97. The molecule has 0 fully saturated rings. The van der Waals surface area contributed by atoms with Crippen LogP contribution in [0.4, 0.5) is 0 Å². The number of halogens is 2. The van der Waals surface area contributed by atoms with Crippen LogP contribution in [0.15, 0.2) is 24.5 Å². The summed E-state index contributed by atoms with van der Waals surface area (Å²) in [6.45, 7) is 0. The Balaban J connectivity index is 2.06. The Bertz CT molecular complexity index is 399. The fourth-order valence-corrected chi connectivity index (χ4v) is 2.96. The highest BCUT2D eigenvalue weighted by molar-refractivity contribution is 9.09. The molecule has 2 nitrogen and oxygen atoms in total. The first-order valence-electron chi connectivity index (χ1n) is 4.13. The smallest absolute Gasteiger partial charge is 0.107 e. The van der Waals surface area contributed by atoms with E-state index in [1.54, 1.807) is 17.5 Å². The summed E-state index contributed by atoms with van der Waals surface area (Å²) in [6, 6.07) is 3.95. The van der Waals surface area contributed by atoms with E-state index in [2.05, 4.69) is 25.9 Å². The molecule has 5 heteroatoms. The number of thiophene rings is 1. The van der Waals surface area contributed by atoms with Crippen LogP contribution in [0.5, 0.6) is 0 Å². The summed E-state index contributed by atoms with van der Waals surface area (Å²) >= 11 is 11.1. The summed E-state index contributed by atoms with van der Waals surface area (Å²) in [6.07, 6.45) is 4.44. The second kappa shape index (κ2) is 4.47. The molecular weight excluding hydrogens is 284 g/mol. The highest BCUT2D eigenvalue weighted by Crippen LogP contribution is 2.33. The molecule has 2 aromatic heterocycles. The van der Waals surface area contributed by atoms with Crippen LogP contribution in [0.3, 0.4) is 0 Å². The second-order valence-electron chi connectivity index (χ2n) is 2.85. The molecule has 0 amide bonds. The quantitative estimate of drug-likeness (QED) is 0.856. The molecule has 0 saturated heterocycles. The Morgan fingerprint density at radius 3 is 3.00 bits per heavy atom. The van der Waals surface area contributed by atoms with E-state index in [9.17, 15) is 0 Å². The van der Waals surface area contributed by atoms with Crippen molar-refractivity contribution in [2.45, 2.75) is 11.2 Å². The van der Waals surface area contributed by atoms with Crippen LogP contribution >= 0.6 is 38.9 Å². The van der Waals surface area contributed by atoms with Crippen molar-refractivity contribution < 1.29 is 0 Å². The molecule has 1 unspecified atom stereocenters. The first-order valence-corrected chi connectivity index (χ1v) is 6.24. The van der Waals surface area contributed by atoms with Gasteiger partial charge in [-0.3, -0.25) is 0 Å². The number of imidazole rings is 1. The lowest BCUT2D eigenvalue weighted by atomic mass is 10.2. The van der Waals surface area contributed by atoms with Crippen molar-refractivity contribution in [3.05, 3.63) is 39.6 Å². The van der Waals surface area contributed by atoms with Gasteiger partial charge in [0, 0.05) is 23.7 Å². The molecule has 1 N–H and O–H groups in total. The van der Waals surface area contributed by atoms with Crippen LogP contribution in [0, 0.1) is 0 Å². The molecule has 0 aromatic carbocycles. The summed E-state index contributed by atoms with van der Waals surface area (Å²) in [5.74, 6) is 0.983. The zero-order valence-corrected chi connectivity index (χ0v) is 10.4. The lowest BCUT2D eigenvalue weighted by Gasteiger charge is -2.04. The Hall–Kier alpha value is -0.320. The van der Waals surface area contributed by atoms with Crippen molar-refractivity contribution in [2.75, 3.05) is 0 Å². The van der Waals surface area contributed by atoms with E-state index < -0.39 is 0 Å². The van der Waals surface area contributed by atoms with Crippen LogP contribution in [0.2, 0.25) is 4.34 Å². The third-order valence-electron chi connectivity index (χ3n) is 1.83. The van der Waals surface area contributed by atoms with Gasteiger partial charge in [-0.05, 0) is 12.1 Å². The van der Waals surface area contributed by atoms with E-state index in [-0.39, 0.29) is 4.83 Å². The standard InChI is InChI=1S/C9H8BrClN2S/c10-6(5-9-12-3-4-13-9)7-1-2-8(11)14-7/h1-4,6H,5H2,(H,12,13). The third-order valence-corrected chi connectivity index (χ3v) is 4.30. The molecule has 2 rings (SSSR count). The highest BCUT2D eigenvalue weighted by atomic mass is 79.9. The SMILES string of the molecule is Clc1ccc(C(Br)Cc2ncc[nH]2)s1. The van der Waals surface area contributed by atoms with Crippen molar-refractivity contribution in [1.82, 2.24) is 9.97 Å². The van der Waals surface area contributed by atoms with Gasteiger partial charge in [0.2, 0.25) is 0 Å². The number of H-pyrrole nitrogens is 1. The number of aromatic nitrogens is 2. The van der Waals surface area contributed by atoms with Crippen molar-refractivity contribution in [3.63, 3.8) is 0 Å². The molecule has 0 saturated carbocycles. The Morgan fingerprint density at radius 1 is 1.57 bits per heavy atom. The number of nitrogens with one attached hydrogen (secondary N) is 1. The minimum Gasteiger partial charge on any atom is -0.349 e. The Labute approximate surface area is 99.5 Å². The minimum atomic E-state index is 0.283. The monoisotopic (exact) mass is 290 g/mol.